The van der Waals surface area contributed by atoms with Crippen LogP contribution in [0.4, 0.5) is 0 Å². The Bertz CT molecular complexity index is 290. The fraction of sp³-hybridized carbons (Fsp3) is 0.929. The summed E-state index contributed by atoms with van der Waals surface area (Å²) in [4.78, 5) is 17.3. The van der Waals surface area contributed by atoms with Gasteiger partial charge in [0.1, 0.15) is 0 Å². The van der Waals surface area contributed by atoms with Crippen molar-refractivity contribution < 1.29 is 9.53 Å². The lowest BCUT2D eigenvalue weighted by Gasteiger charge is -2.42. The Balaban J connectivity index is 1.99. The van der Waals surface area contributed by atoms with Crippen molar-refractivity contribution in [2.24, 2.45) is 5.41 Å². The van der Waals surface area contributed by atoms with Gasteiger partial charge in [-0.3, -0.25) is 4.79 Å². The maximum atomic E-state index is 12.9. The zero-order chi connectivity index (χ0) is 13.7. The van der Waals surface area contributed by atoms with E-state index < -0.39 is 0 Å². The van der Waals surface area contributed by atoms with E-state index in [2.05, 4.69) is 22.0 Å². The zero-order valence-electron chi connectivity index (χ0n) is 12.3. The van der Waals surface area contributed by atoms with Gasteiger partial charge in [0, 0.05) is 33.3 Å². The van der Waals surface area contributed by atoms with Crippen molar-refractivity contribution in [1.29, 1.82) is 0 Å². The molecule has 0 spiro atoms. The van der Waals surface area contributed by atoms with Crippen LogP contribution < -0.4 is 5.32 Å². The summed E-state index contributed by atoms with van der Waals surface area (Å²) in [7, 11) is 1.70. The Morgan fingerprint density at radius 2 is 1.84 bits per heavy atom. The van der Waals surface area contributed by atoms with E-state index in [1.807, 2.05) is 0 Å². The van der Waals surface area contributed by atoms with Crippen LogP contribution in [0.15, 0.2) is 0 Å². The van der Waals surface area contributed by atoms with Crippen molar-refractivity contribution >= 4 is 5.91 Å². The minimum Gasteiger partial charge on any atom is -0.384 e. The highest BCUT2D eigenvalue weighted by Crippen LogP contribution is 2.32. The predicted molar refractivity (Wildman–Crippen MR) is 75.1 cm³/mol. The number of methoxy groups -OCH3 is 1. The fourth-order valence-corrected chi connectivity index (χ4v) is 3.20. The average Bonchev–Trinajstić information content (AvgIpc) is 2.48. The molecule has 0 bridgehead atoms. The van der Waals surface area contributed by atoms with Gasteiger partial charge in [-0.1, -0.05) is 6.92 Å². The molecule has 0 aromatic heterocycles. The van der Waals surface area contributed by atoms with E-state index in [1.54, 1.807) is 7.11 Å². The number of amides is 1. The summed E-state index contributed by atoms with van der Waals surface area (Å²) >= 11 is 0. The second-order valence-electron chi connectivity index (χ2n) is 5.69. The first kappa shape index (κ1) is 14.8. The molecule has 5 nitrogen and oxygen atoms in total. The minimum atomic E-state index is -0.283. The first-order valence-electron chi connectivity index (χ1n) is 7.43. The molecule has 2 fully saturated rings. The molecule has 0 unspecified atom stereocenters. The lowest BCUT2D eigenvalue weighted by atomic mass is 9.78. The SMILES string of the molecule is CCN1CCN(C(=O)C2(COC)CCNCC2)CC1. The Kier molecular flexibility index (Phi) is 5.19. The molecule has 0 atom stereocenters. The number of piperazine rings is 1. The first-order chi connectivity index (χ1) is 9.22. The van der Waals surface area contributed by atoms with Gasteiger partial charge in [0.15, 0.2) is 0 Å². The van der Waals surface area contributed by atoms with Crippen LogP contribution in [0.25, 0.3) is 0 Å². The van der Waals surface area contributed by atoms with Crippen LogP contribution in [0, 0.1) is 5.41 Å². The van der Waals surface area contributed by atoms with Crippen molar-refractivity contribution in [2.45, 2.75) is 19.8 Å². The molecule has 2 aliphatic heterocycles. The molecule has 2 rings (SSSR count). The maximum absolute atomic E-state index is 12.9. The number of nitrogens with zero attached hydrogens (tertiary/aromatic N) is 2. The van der Waals surface area contributed by atoms with Crippen LogP contribution >= 0.6 is 0 Å². The minimum absolute atomic E-state index is 0.283. The first-order valence-corrected chi connectivity index (χ1v) is 7.43. The highest BCUT2D eigenvalue weighted by Gasteiger charge is 2.42. The lowest BCUT2D eigenvalue weighted by molar-refractivity contribution is -0.149. The molecule has 0 radical (unpaired) electrons. The molecule has 5 heteroatoms. The predicted octanol–water partition coefficient (Wildman–Crippen LogP) is 0.167. The van der Waals surface area contributed by atoms with Gasteiger partial charge in [-0.05, 0) is 32.5 Å². The van der Waals surface area contributed by atoms with Crippen LogP contribution in [0.3, 0.4) is 0 Å². The summed E-state index contributed by atoms with van der Waals surface area (Å²) in [5, 5.41) is 3.34. The summed E-state index contributed by atoms with van der Waals surface area (Å²) in [5.41, 5.74) is -0.283. The van der Waals surface area contributed by atoms with Gasteiger partial charge < -0.3 is 19.9 Å². The van der Waals surface area contributed by atoms with Crippen molar-refractivity contribution in [1.82, 2.24) is 15.1 Å². The lowest BCUT2D eigenvalue weighted by Crippen LogP contribution is -2.56. The summed E-state index contributed by atoms with van der Waals surface area (Å²) in [5.74, 6) is 0.312. The molecule has 0 aromatic rings. The van der Waals surface area contributed by atoms with Gasteiger partial charge in [0.2, 0.25) is 5.91 Å². The number of carbonyl (C=O) groups excluding carboxylic acids is 1. The third-order valence-corrected chi connectivity index (χ3v) is 4.54. The number of likely N-dealkylation sites (N-methyl/N-ethyl adjacent to an activating group) is 1. The van der Waals surface area contributed by atoms with Gasteiger partial charge in [-0.2, -0.15) is 0 Å². The number of rotatable bonds is 4. The number of hydrogen-bond acceptors (Lipinski definition) is 4. The molecular weight excluding hydrogens is 242 g/mol. The van der Waals surface area contributed by atoms with Gasteiger partial charge in [0.25, 0.3) is 0 Å². The summed E-state index contributed by atoms with van der Waals surface area (Å²) in [6, 6.07) is 0. The number of ether oxygens (including phenoxy) is 1. The van der Waals surface area contributed by atoms with E-state index in [1.165, 1.54) is 0 Å². The highest BCUT2D eigenvalue weighted by molar-refractivity contribution is 5.83. The summed E-state index contributed by atoms with van der Waals surface area (Å²) in [6.07, 6.45) is 1.79. The third kappa shape index (κ3) is 3.27. The van der Waals surface area contributed by atoms with E-state index in [0.717, 1.165) is 58.7 Å². The molecule has 2 heterocycles. The molecule has 1 amide bonds. The molecule has 2 aliphatic rings. The smallest absolute Gasteiger partial charge is 0.231 e. The van der Waals surface area contributed by atoms with Crippen molar-refractivity contribution in [3.05, 3.63) is 0 Å². The van der Waals surface area contributed by atoms with Gasteiger partial charge in [-0.15, -0.1) is 0 Å². The second kappa shape index (κ2) is 6.68. The van der Waals surface area contributed by atoms with Crippen molar-refractivity contribution in [2.75, 3.05) is 59.5 Å². The van der Waals surface area contributed by atoms with E-state index in [9.17, 15) is 4.79 Å². The molecule has 19 heavy (non-hydrogen) atoms. The number of carbonyl (C=O) groups is 1. The van der Waals surface area contributed by atoms with Crippen LogP contribution in [0.1, 0.15) is 19.8 Å². The summed E-state index contributed by atoms with van der Waals surface area (Å²) < 4.78 is 5.35. The molecule has 0 saturated carbocycles. The molecule has 1 N–H and O–H groups in total. The quantitative estimate of drug-likeness (QED) is 0.790. The summed E-state index contributed by atoms with van der Waals surface area (Å²) in [6.45, 7) is 9.39. The van der Waals surface area contributed by atoms with E-state index in [0.29, 0.717) is 12.5 Å². The Hall–Kier alpha value is -0.650. The van der Waals surface area contributed by atoms with Crippen LogP contribution in [-0.4, -0.2) is 75.2 Å². The van der Waals surface area contributed by atoms with Gasteiger partial charge >= 0.3 is 0 Å². The van der Waals surface area contributed by atoms with Gasteiger partial charge in [-0.25, -0.2) is 0 Å². The van der Waals surface area contributed by atoms with E-state index in [4.69, 9.17) is 4.74 Å². The van der Waals surface area contributed by atoms with E-state index in [-0.39, 0.29) is 5.41 Å². The molecule has 2 saturated heterocycles. The Morgan fingerprint density at radius 1 is 1.21 bits per heavy atom. The van der Waals surface area contributed by atoms with Crippen molar-refractivity contribution in [3.8, 4) is 0 Å². The topological polar surface area (TPSA) is 44.8 Å². The van der Waals surface area contributed by atoms with Crippen LogP contribution in [0.2, 0.25) is 0 Å². The van der Waals surface area contributed by atoms with E-state index >= 15 is 0 Å². The highest BCUT2D eigenvalue weighted by atomic mass is 16.5. The largest absolute Gasteiger partial charge is 0.384 e. The van der Waals surface area contributed by atoms with Gasteiger partial charge in [0.05, 0.1) is 12.0 Å². The van der Waals surface area contributed by atoms with Crippen LogP contribution in [-0.2, 0) is 9.53 Å². The zero-order valence-corrected chi connectivity index (χ0v) is 12.3. The maximum Gasteiger partial charge on any atom is 0.231 e. The standard InChI is InChI=1S/C14H27N3O2/c1-3-16-8-10-17(11-9-16)13(18)14(12-19-2)4-6-15-7-5-14/h15H,3-12H2,1-2H3. The second-order valence-corrected chi connectivity index (χ2v) is 5.69. The number of hydrogen-bond donors (Lipinski definition) is 1. The Morgan fingerprint density at radius 3 is 2.37 bits per heavy atom. The fourth-order valence-electron chi connectivity index (χ4n) is 3.20. The Labute approximate surface area is 116 Å². The molecule has 0 aliphatic carbocycles. The number of nitrogens with one attached hydrogen (secondary N) is 1. The normalized spacial score (nSPS) is 24.4. The van der Waals surface area contributed by atoms with Crippen molar-refractivity contribution in [3.63, 3.8) is 0 Å². The average molecular weight is 269 g/mol. The monoisotopic (exact) mass is 269 g/mol. The number of piperidine rings is 1. The molecule has 110 valence electrons. The third-order valence-electron chi connectivity index (χ3n) is 4.54. The molecule has 0 aromatic carbocycles. The van der Waals surface area contributed by atoms with Crippen LogP contribution in [0.5, 0.6) is 0 Å². The molecular formula is C14H27N3O2.